The summed E-state index contributed by atoms with van der Waals surface area (Å²) in [4.78, 5) is 22.6. The normalized spacial score (nSPS) is 10.3. The van der Waals surface area contributed by atoms with Crippen LogP contribution in [0.25, 0.3) is 0 Å². The molecule has 0 aromatic carbocycles. The Morgan fingerprint density at radius 2 is 2.10 bits per heavy atom. The van der Waals surface area contributed by atoms with Crippen molar-refractivity contribution in [1.82, 2.24) is 14.9 Å². The highest BCUT2D eigenvalue weighted by Gasteiger charge is 2.18. The molecule has 0 spiro atoms. The van der Waals surface area contributed by atoms with Gasteiger partial charge in [-0.05, 0) is 38.1 Å². The lowest BCUT2D eigenvalue weighted by Crippen LogP contribution is -2.32. The predicted molar refractivity (Wildman–Crippen MR) is 78.0 cm³/mol. The lowest BCUT2D eigenvalue weighted by Gasteiger charge is -2.20. The Kier molecular flexibility index (Phi) is 4.30. The molecule has 2 N–H and O–H groups in total. The van der Waals surface area contributed by atoms with Crippen molar-refractivity contribution in [2.24, 2.45) is 0 Å². The lowest BCUT2D eigenvalue weighted by molar-refractivity contribution is 0.0746. The van der Waals surface area contributed by atoms with Crippen molar-refractivity contribution in [2.75, 3.05) is 12.3 Å². The number of nitrogens with zero attached hydrogens (tertiary/aromatic N) is 3. The molecule has 0 saturated heterocycles. The third kappa shape index (κ3) is 3.12. The van der Waals surface area contributed by atoms with Gasteiger partial charge in [0.15, 0.2) is 5.69 Å². The van der Waals surface area contributed by atoms with E-state index in [1.165, 1.54) is 0 Å². The summed E-state index contributed by atoms with van der Waals surface area (Å²) in [6.45, 7) is 4.88. The SMILES string of the molecule is CCN(Cc1cccc(C)n1)C(=O)c1ncccc1N. The van der Waals surface area contributed by atoms with Crippen molar-refractivity contribution in [1.29, 1.82) is 0 Å². The first kappa shape index (κ1) is 14.0. The number of pyridine rings is 2. The first-order valence-electron chi connectivity index (χ1n) is 6.54. The highest BCUT2D eigenvalue weighted by molar-refractivity contribution is 5.96. The summed E-state index contributed by atoms with van der Waals surface area (Å²) in [5.41, 5.74) is 8.29. The van der Waals surface area contributed by atoms with Crippen LogP contribution in [0.2, 0.25) is 0 Å². The highest BCUT2D eigenvalue weighted by Crippen LogP contribution is 2.12. The second kappa shape index (κ2) is 6.14. The average Bonchev–Trinajstić information content (AvgIpc) is 2.44. The van der Waals surface area contributed by atoms with Crippen molar-refractivity contribution in [3.8, 4) is 0 Å². The number of carbonyl (C=O) groups is 1. The largest absolute Gasteiger partial charge is 0.397 e. The van der Waals surface area contributed by atoms with Crippen LogP contribution in [0.15, 0.2) is 36.5 Å². The van der Waals surface area contributed by atoms with Gasteiger partial charge in [0.2, 0.25) is 0 Å². The predicted octanol–water partition coefficient (Wildman–Crippen LogP) is 2.03. The standard InChI is InChI=1S/C15H18N4O/c1-3-19(10-12-7-4-6-11(2)18-12)15(20)14-13(16)8-5-9-17-14/h4-9H,3,10,16H2,1-2H3. The van der Waals surface area contributed by atoms with Gasteiger partial charge < -0.3 is 10.6 Å². The lowest BCUT2D eigenvalue weighted by atomic mass is 10.2. The van der Waals surface area contributed by atoms with Gasteiger partial charge in [0.1, 0.15) is 0 Å². The summed E-state index contributed by atoms with van der Waals surface area (Å²) in [7, 11) is 0. The molecule has 2 heterocycles. The topological polar surface area (TPSA) is 72.1 Å². The minimum Gasteiger partial charge on any atom is -0.397 e. The third-order valence-electron chi connectivity index (χ3n) is 3.01. The molecule has 0 bridgehead atoms. The monoisotopic (exact) mass is 270 g/mol. The Morgan fingerprint density at radius 3 is 2.75 bits per heavy atom. The maximum absolute atomic E-state index is 12.4. The smallest absolute Gasteiger partial charge is 0.274 e. The summed E-state index contributed by atoms with van der Waals surface area (Å²) in [6, 6.07) is 9.16. The Labute approximate surface area is 118 Å². The second-order valence-electron chi connectivity index (χ2n) is 4.53. The van der Waals surface area contributed by atoms with Crippen molar-refractivity contribution in [2.45, 2.75) is 20.4 Å². The number of aromatic nitrogens is 2. The molecule has 0 fully saturated rings. The van der Waals surface area contributed by atoms with Crippen molar-refractivity contribution in [3.63, 3.8) is 0 Å². The maximum atomic E-state index is 12.4. The van der Waals surface area contributed by atoms with Crippen LogP contribution in [0.5, 0.6) is 0 Å². The van der Waals surface area contributed by atoms with Crippen molar-refractivity contribution < 1.29 is 4.79 Å². The van der Waals surface area contributed by atoms with E-state index < -0.39 is 0 Å². The van der Waals surface area contributed by atoms with Crippen molar-refractivity contribution in [3.05, 3.63) is 53.6 Å². The van der Waals surface area contributed by atoms with Crippen LogP contribution >= 0.6 is 0 Å². The summed E-state index contributed by atoms with van der Waals surface area (Å²) in [5, 5.41) is 0. The van der Waals surface area contributed by atoms with E-state index in [4.69, 9.17) is 5.73 Å². The van der Waals surface area contributed by atoms with Crippen LogP contribution in [0, 0.1) is 6.92 Å². The molecule has 0 radical (unpaired) electrons. The minimum atomic E-state index is -0.172. The van der Waals surface area contributed by atoms with Crippen LogP contribution in [0.1, 0.15) is 28.8 Å². The molecule has 1 amide bonds. The summed E-state index contributed by atoms with van der Waals surface area (Å²) in [5.74, 6) is -0.172. The van der Waals surface area contributed by atoms with E-state index in [-0.39, 0.29) is 5.91 Å². The van der Waals surface area contributed by atoms with Crippen molar-refractivity contribution >= 4 is 11.6 Å². The fraction of sp³-hybridized carbons (Fsp3) is 0.267. The molecule has 2 aromatic rings. The second-order valence-corrected chi connectivity index (χ2v) is 4.53. The zero-order valence-electron chi connectivity index (χ0n) is 11.7. The number of rotatable bonds is 4. The van der Waals surface area contributed by atoms with E-state index in [0.29, 0.717) is 24.5 Å². The average molecular weight is 270 g/mol. The maximum Gasteiger partial charge on any atom is 0.274 e. The summed E-state index contributed by atoms with van der Waals surface area (Å²) in [6.07, 6.45) is 1.57. The quantitative estimate of drug-likeness (QED) is 0.922. The molecule has 2 aromatic heterocycles. The Hall–Kier alpha value is -2.43. The van der Waals surface area contributed by atoms with Crippen LogP contribution < -0.4 is 5.73 Å². The number of nitrogen functional groups attached to an aromatic ring is 1. The number of anilines is 1. The number of carbonyl (C=O) groups excluding carboxylic acids is 1. The van der Waals surface area contributed by atoms with E-state index in [9.17, 15) is 4.79 Å². The van der Waals surface area contributed by atoms with Gasteiger partial charge in [-0.1, -0.05) is 6.07 Å². The van der Waals surface area contributed by atoms with E-state index in [1.54, 1.807) is 23.2 Å². The first-order chi connectivity index (χ1) is 9.61. The fourth-order valence-electron chi connectivity index (χ4n) is 1.96. The molecule has 20 heavy (non-hydrogen) atoms. The van der Waals surface area contributed by atoms with Crippen LogP contribution in [-0.4, -0.2) is 27.3 Å². The molecule has 0 aliphatic heterocycles. The van der Waals surface area contributed by atoms with Crippen LogP contribution in [0.4, 0.5) is 5.69 Å². The molecule has 5 heteroatoms. The molecular formula is C15H18N4O. The number of aryl methyl sites for hydroxylation is 1. The molecule has 0 unspecified atom stereocenters. The fourth-order valence-corrected chi connectivity index (χ4v) is 1.96. The van der Waals surface area contributed by atoms with E-state index in [2.05, 4.69) is 9.97 Å². The Balaban J connectivity index is 2.20. The molecule has 0 saturated carbocycles. The van der Waals surface area contributed by atoms with Gasteiger partial charge >= 0.3 is 0 Å². The third-order valence-corrected chi connectivity index (χ3v) is 3.01. The summed E-state index contributed by atoms with van der Waals surface area (Å²) < 4.78 is 0. The van der Waals surface area contributed by atoms with Gasteiger partial charge in [0, 0.05) is 18.4 Å². The van der Waals surface area contributed by atoms with E-state index >= 15 is 0 Å². The van der Waals surface area contributed by atoms with Gasteiger partial charge in [-0.3, -0.25) is 9.78 Å². The van der Waals surface area contributed by atoms with Gasteiger partial charge in [0.25, 0.3) is 5.91 Å². The molecule has 5 nitrogen and oxygen atoms in total. The number of hydrogen-bond donors (Lipinski definition) is 1. The van der Waals surface area contributed by atoms with Gasteiger partial charge in [-0.25, -0.2) is 4.98 Å². The highest BCUT2D eigenvalue weighted by atomic mass is 16.2. The van der Waals surface area contributed by atoms with E-state index in [1.807, 2.05) is 32.0 Å². The minimum absolute atomic E-state index is 0.172. The molecular weight excluding hydrogens is 252 g/mol. The van der Waals surface area contributed by atoms with Crippen LogP contribution in [-0.2, 0) is 6.54 Å². The molecule has 0 atom stereocenters. The molecule has 104 valence electrons. The zero-order valence-corrected chi connectivity index (χ0v) is 11.7. The van der Waals surface area contributed by atoms with E-state index in [0.717, 1.165) is 11.4 Å². The number of hydrogen-bond acceptors (Lipinski definition) is 4. The molecule has 0 aliphatic rings. The number of nitrogens with two attached hydrogens (primary N) is 1. The number of amides is 1. The van der Waals surface area contributed by atoms with Gasteiger partial charge in [0.05, 0.1) is 17.9 Å². The summed E-state index contributed by atoms with van der Waals surface area (Å²) >= 11 is 0. The Bertz CT molecular complexity index is 612. The molecule has 2 rings (SSSR count). The Morgan fingerprint density at radius 1 is 1.30 bits per heavy atom. The zero-order chi connectivity index (χ0) is 14.5. The molecule has 0 aliphatic carbocycles. The first-order valence-corrected chi connectivity index (χ1v) is 6.54. The van der Waals surface area contributed by atoms with Gasteiger partial charge in [-0.2, -0.15) is 0 Å². The van der Waals surface area contributed by atoms with Gasteiger partial charge in [-0.15, -0.1) is 0 Å². The van der Waals surface area contributed by atoms with Crippen LogP contribution in [0.3, 0.4) is 0 Å².